The molecule has 1 aromatic rings. The van der Waals surface area contributed by atoms with Gasteiger partial charge in [0.1, 0.15) is 5.60 Å². The highest BCUT2D eigenvalue weighted by atomic mass is 35.5. The molecule has 0 aromatic heterocycles. The molecule has 0 atom stereocenters. The van der Waals surface area contributed by atoms with E-state index in [0.29, 0.717) is 16.4 Å². The first-order valence-electron chi connectivity index (χ1n) is 5.22. The van der Waals surface area contributed by atoms with Crippen molar-refractivity contribution in [3.63, 3.8) is 0 Å². The molecule has 0 unspecified atom stereocenters. The van der Waals surface area contributed by atoms with E-state index in [2.05, 4.69) is 0 Å². The Kier molecular flexibility index (Phi) is 3.88. The van der Waals surface area contributed by atoms with Gasteiger partial charge in [0.25, 0.3) is 0 Å². The molecule has 0 saturated heterocycles. The SMILES string of the molecule is CN(C(=O)OC(C)(C)C)c1ccc(N)cc1Cl. The number of carbonyl (C=O) groups excluding carboxylic acids is 1. The summed E-state index contributed by atoms with van der Waals surface area (Å²) in [4.78, 5) is 13.2. The summed E-state index contributed by atoms with van der Waals surface area (Å²) in [5.41, 5.74) is 6.17. The van der Waals surface area contributed by atoms with E-state index >= 15 is 0 Å². The topological polar surface area (TPSA) is 55.6 Å². The van der Waals surface area contributed by atoms with Crippen LogP contribution in [0.5, 0.6) is 0 Å². The third kappa shape index (κ3) is 3.82. The monoisotopic (exact) mass is 256 g/mol. The quantitative estimate of drug-likeness (QED) is 0.785. The number of hydrogen-bond donors (Lipinski definition) is 1. The van der Waals surface area contributed by atoms with Gasteiger partial charge in [-0.2, -0.15) is 0 Å². The smallest absolute Gasteiger partial charge is 0.414 e. The molecule has 0 saturated carbocycles. The van der Waals surface area contributed by atoms with Crippen molar-refractivity contribution in [1.29, 1.82) is 0 Å². The molecule has 0 radical (unpaired) electrons. The summed E-state index contributed by atoms with van der Waals surface area (Å²) in [7, 11) is 1.60. The van der Waals surface area contributed by atoms with Crippen molar-refractivity contribution in [1.82, 2.24) is 0 Å². The van der Waals surface area contributed by atoms with Crippen molar-refractivity contribution < 1.29 is 9.53 Å². The lowest BCUT2D eigenvalue weighted by Gasteiger charge is -2.25. The standard InChI is InChI=1S/C12H17ClN2O2/c1-12(2,3)17-11(16)15(4)10-6-5-8(14)7-9(10)13/h5-7H,14H2,1-4H3. The molecule has 0 spiro atoms. The highest BCUT2D eigenvalue weighted by Gasteiger charge is 2.21. The number of nitrogens with two attached hydrogens (primary N) is 1. The molecule has 0 aliphatic heterocycles. The predicted octanol–water partition coefficient (Wildman–Crippen LogP) is 3.29. The van der Waals surface area contributed by atoms with Crippen LogP contribution < -0.4 is 10.6 Å². The number of anilines is 2. The number of hydrogen-bond acceptors (Lipinski definition) is 3. The minimum Gasteiger partial charge on any atom is -0.443 e. The van der Waals surface area contributed by atoms with Gasteiger partial charge >= 0.3 is 6.09 Å². The first-order chi connectivity index (χ1) is 7.70. The maximum absolute atomic E-state index is 11.8. The van der Waals surface area contributed by atoms with E-state index in [-0.39, 0.29) is 0 Å². The molecule has 94 valence electrons. The summed E-state index contributed by atoms with van der Waals surface area (Å²) >= 11 is 6.01. The van der Waals surface area contributed by atoms with Crippen molar-refractivity contribution in [2.24, 2.45) is 0 Å². The lowest BCUT2D eigenvalue weighted by Crippen LogP contribution is -2.34. The Morgan fingerprint density at radius 1 is 1.41 bits per heavy atom. The fourth-order valence-corrected chi connectivity index (χ4v) is 1.54. The molecule has 0 bridgehead atoms. The number of rotatable bonds is 1. The van der Waals surface area contributed by atoms with Crippen LogP contribution in [0.2, 0.25) is 5.02 Å². The maximum Gasteiger partial charge on any atom is 0.414 e. The minimum absolute atomic E-state index is 0.415. The maximum atomic E-state index is 11.8. The zero-order valence-corrected chi connectivity index (χ0v) is 11.2. The molecule has 1 rings (SSSR count). The van der Waals surface area contributed by atoms with Crippen LogP contribution in [0.15, 0.2) is 18.2 Å². The molecular formula is C12H17ClN2O2. The van der Waals surface area contributed by atoms with Crippen LogP contribution in [0.4, 0.5) is 16.2 Å². The molecule has 4 nitrogen and oxygen atoms in total. The third-order valence-corrected chi connectivity index (χ3v) is 2.30. The van der Waals surface area contributed by atoms with E-state index in [1.807, 2.05) is 20.8 Å². The average Bonchev–Trinajstić information content (AvgIpc) is 2.14. The van der Waals surface area contributed by atoms with E-state index in [4.69, 9.17) is 22.1 Å². The normalized spacial score (nSPS) is 11.1. The summed E-state index contributed by atoms with van der Waals surface area (Å²) in [6.07, 6.45) is -0.454. The summed E-state index contributed by atoms with van der Waals surface area (Å²) in [5.74, 6) is 0. The summed E-state index contributed by atoms with van der Waals surface area (Å²) in [6.45, 7) is 5.43. The van der Waals surface area contributed by atoms with Gasteiger partial charge < -0.3 is 10.5 Å². The van der Waals surface area contributed by atoms with Gasteiger partial charge in [0.05, 0.1) is 10.7 Å². The van der Waals surface area contributed by atoms with Crippen LogP contribution in [-0.2, 0) is 4.74 Å². The minimum atomic E-state index is -0.536. The molecule has 0 aliphatic carbocycles. The highest BCUT2D eigenvalue weighted by Crippen LogP contribution is 2.28. The molecule has 0 aliphatic rings. The Morgan fingerprint density at radius 2 is 2.00 bits per heavy atom. The molecule has 17 heavy (non-hydrogen) atoms. The summed E-state index contributed by atoms with van der Waals surface area (Å²) in [6, 6.07) is 4.96. The van der Waals surface area contributed by atoms with Crippen LogP contribution in [0.3, 0.4) is 0 Å². The Hall–Kier alpha value is -1.42. The van der Waals surface area contributed by atoms with Gasteiger partial charge in [-0.1, -0.05) is 11.6 Å². The second-order valence-corrected chi connectivity index (χ2v) is 5.16. The molecule has 0 heterocycles. The van der Waals surface area contributed by atoms with Gasteiger partial charge in [-0.05, 0) is 39.0 Å². The van der Waals surface area contributed by atoms with E-state index in [1.165, 1.54) is 4.90 Å². The Morgan fingerprint density at radius 3 is 2.47 bits per heavy atom. The van der Waals surface area contributed by atoms with Gasteiger partial charge in [0, 0.05) is 12.7 Å². The van der Waals surface area contributed by atoms with Crippen LogP contribution in [0.1, 0.15) is 20.8 Å². The lowest BCUT2D eigenvalue weighted by atomic mass is 10.2. The van der Waals surface area contributed by atoms with Crippen LogP contribution in [-0.4, -0.2) is 18.7 Å². The number of ether oxygens (including phenoxy) is 1. The molecule has 0 fully saturated rings. The summed E-state index contributed by atoms with van der Waals surface area (Å²) in [5, 5.41) is 0.415. The van der Waals surface area contributed by atoms with Gasteiger partial charge in [0.15, 0.2) is 0 Å². The van der Waals surface area contributed by atoms with Crippen molar-refractivity contribution in [3.8, 4) is 0 Å². The van der Waals surface area contributed by atoms with Crippen molar-refractivity contribution in [3.05, 3.63) is 23.2 Å². The zero-order valence-electron chi connectivity index (χ0n) is 10.5. The molecule has 1 aromatic carbocycles. The van der Waals surface area contributed by atoms with Crippen LogP contribution in [0, 0.1) is 0 Å². The number of carbonyl (C=O) groups is 1. The Labute approximate surface area is 106 Å². The summed E-state index contributed by atoms with van der Waals surface area (Å²) < 4.78 is 5.24. The first-order valence-corrected chi connectivity index (χ1v) is 5.60. The van der Waals surface area contributed by atoms with Gasteiger partial charge in [-0.3, -0.25) is 4.90 Å². The fourth-order valence-electron chi connectivity index (χ4n) is 1.22. The highest BCUT2D eigenvalue weighted by molar-refractivity contribution is 6.34. The van der Waals surface area contributed by atoms with Crippen LogP contribution in [0.25, 0.3) is 0 Å². The van der Waals surface area contributed by atoms with E-state index in [9.17, 15) is 4.79 Å². The van der Waals surface area contributed by atoms with E-state index in [1.54, 1.807) is 25.2 Å². The number of halogens is 1. The second-order valence-electron chi connectivity index (χ2n) is 4.75. The molecule has 2 N–H and O–H groups in total. The van der Waals surface area contributed by atoms with Gasteiger partial charge in [0.2, 0.25) is 0 Å². The number of amides is 1. The molecule has 5 heteroatoms. The Bertz CT molecular complexity index is 427. The average molecular weight is 257 g/mol. The van der Waals surface area contributed by atoms with Gasteiger partial charge in [-0.15, -0.1) is 0 Å². The first kappa shape index (κ1) is 13.6. The third-order valence-electron chi connectivity index (χ3n) is 2.00. The number of nitrogen functional groups attached to an aromatic ring is 1. The van der Waals surface area contributed by atoms with Gasteiger partial charge in [-0.25, -0.2) is 4.79 Å². The van der Waals surface area contributed by atoms with Crippen molar-refractivity contribution >= 4 is 29.1 Å². The molecular weight excluding hydrogens is 240 g/mol. The predicted molar refractivity (Wildman–Crippen MR) is 70.5 cm³/mol. The fraction of sp³-hybridized carbons (Fsp3) is 0.417. The zero-order chi connectivity index (χ0) is 13.2. The number of nitrogens with zero attached hydrogens (tertiary/aromatic N) is 1. The largest absolute Gasteiger partial charge is 0.443 e. The lowest BCUT2D eigenvalue weighted by molar-refractivity contribution is 0.0589. The van der Waals surface area contributed by atoms with Crippen molar-refractivity contribution in [2.75, 3.05) is 17.7 Å². The van der Waals surface area contributed by atoms with Crippen molar-refractivity contribution in [2.45, 2.75) is 26.4 Å². The Balaban J connectivity index is 2.89. The second kappa shape index (κ2) is 4.84. The van der Waals surface area contributed by atoms with E-state index < -0.39 is 11.7 Å². The number of benzene rings is 1. The van der Waals surface area contributed by atoms with Crippen LogP contribution >= 0.6 is 11.6 Å². The molecule has 1 amide bonds. The van der Waals surface area contributed by atoms with E-state index in [0.717, 1.165) is 0 Å².